The molecule has 0 spiro atoms. The average Bonchev–Trinajstić information content (AvgIpc) is 3.20. The largest absolute Gasteiger partial charge is 0.352 e. The number of carbonyl (C=O) groups is 2. The van der Waals surface area contributed by atoms with E-state index in [1.807, 2.05) is 12.1 Å². The second-order valence-electron chi connectivity index (χ2n) is 6.46. The first-order valence-corrected chi connectivity index (χ1v) is 8.12. The molecule has 22 heavy (non-hydrogen) atoms. The molecule has 0 unspecified atom stereocenters. The highest BCUT2D eigenvalue weighted by Crippen LogP contribution is 2.50. The fourth-order valence-corrected chi connectivity index (χ4v) is 3.65. The summed E-state index contributed by atoms with van der Waals surface area (Å²) in [7, 11) is 0. The van der Waals surface area contributed by atoms with E-state index < -0.39 is 5.54 Å². The van der Waals surface area contributed by atoms with Crippen molar-refractivity contribution in [1.82, 2.24) is 10.2 Å². The van der Waals surface area contributed by atoms with Crippen molar-refractivity contribution in [3.05, 3.63) is 33.8 Å². The van der Waals surface area contributed by atoms with Crippen LogP contribution in [0.4, 0.5) is 0 Å². The molecule has 6 heteroatoms. The Morgan fingerprint density at radius 1 is 1.27 bits per heavy atom. The molecule has 0 radical (unpaired) electrons. The summed E-state index contributed by atoms with van der Waals surface area (Å²) in [6.07, 6.45) is 0.781. The van der Waals surface area contributed by atoms with Crippen LogP contribution in [-0.2, 0) is 9.59 Å². The molecule has 0 bridgehead atoms. The molecule has 1 aromatic rings. The molecular formula is C16H18Cl2N2O2. The molecule has 2 atom stereocenters. The molecule has 1 heterocycles. The summed E-state index contributed by atoms with van der Waals surface area (Å²) in [5, 5.41) is 3.97. The smallest absolute Gasteiger partial charge is 0.245 e. The van der Waals surface area contributed by atoms with Crippen LogP contribution in [0.2, 0.25) is 10.0 Å². The summed E-state index contributed by atoms with van der Waals surface area (Å²) >= 11 is 12.1. The topological polar surface area (TPSA) is 49.4 Å². The molecule has 1 aliphatic heterocycles. The average molecular weight is 341 g/mol. The molecule has 118 valence electrons. The van der Waals surface area contributed by atoms with E-state index in [1.165, 1.54) is 0 Å². The van der Waals surface area contributed by atoms with Crippen molar-refractivity contribution in [2.45, 2.75) is 31.7 Å². The predicted molar refractivity (Wildman–Crippen MR) is 86.1 cm³/mol. The maximum Gasteiger partial charge on any atom is 0.245 e. The van der Waals surface area contributed by atoms with Crippen molar-refractivity contribution < 1.29 is 9.59 Å². The number of nitrogens with zero attached hydrogens (tertiary/aromatic N) is 1. The van der Waals surface area contributed by atoms with Gasteiger partial charge in [0.1, 0.15) is 5.54 Å². The van der Waals surface area contributed by atoms with Gasteiger partial charge >= 0.3 is 0 Å². The van der Waals surface area contributed by atoms with Crippen molar-refractivity contribution in [3.8, 4) is 0 Å². The van der Waals surface area contributed by atoms with E-state index in [-0.39, 0.29) is 23.7 Å². The van der Waals surface area contributed by atoms with Crippen LogP contribution in [0.3, 0.4) is 0 Å². The molecular weight excluding hydrogens is 323 g/mol. The second kappa shape index (κ2) is 5.43. The lowest BCUT2D eigenvalue weighted by molar-refractivity contribution is -0.150. The zero-order valence-corrected chi connectivity index (χ0v) is 14.0. The molecule has 1 N–H and O–H groups in total. The number of benzene rings is 1. The molecule has 1 aromatic carbocycles. The number of piperazine rings is 1. The molecule has 2 amide bonds. The number of hydrogen-bond donors (Lipinski definition) is 1. The van der Waals surface area contributed by atoms with Gasteiger partial charge in [0, 0.05) is 29.1 Å². The van der Waals surface area contributed by atoms with Crippen LogP contribution in [0.15, 0.2) is 18.2 Å². The zero-order chi connectivity index (χ0) is 16.1. The molecule has 1 saturated carbocycles. The van der Waals surface area contributed by atoms with Gasteiger partial charge < -0.3 is 10.2 Å². The summed E-state index contributed by atoms with van der Waals surface area (Å²) < 4.78 is 0. The Balaban J connectivity index is 1.76. The fraction of sp³-hybridized carbons (Fsp3) is 0.500. The van der Waals surface area contributed by atoms with Gasteiger partial charge in [0.2, 0.25) is 11.8 Å². The first kappa shape index (κ1) is 15.6. The van der Waals surface area contributed by atoms with Crippen LogP contribution in [0.5, 0.6) is 0 Å². The minimum absolute atomic E-state index is 0.0425. The van der Waals surface area contributed by atoms with Crippen molar-refractivity contribution in [3.63, 3.8) is 0 Å². The number of hydrogen-bond acceptors (Lipinski definition) is 2. The number of nitrogens with one attached hydrogen (secondary N) is 1. The first-order chi connectivity index (χ1) is 10.3. The van der Waals surface area contributed by atoms with Crippen LogP contribution in [0.25, 0.3) is 0 Å². The summed E-state index contributed by atoms with van der Waals surface area (Å²) in [5.41, 5.74) is 0.198. The van der Waals surface area contributed by atoms with Crippen LogP contribution in [0.1, 0.15) is 31.7 Å². The Morgan fingerprint density at radius 3 is 2.55 bits per heavy atom. The van der Waals surface area contributed by atoms with Gasteiger partial charge in [-0.15, -0.1) is 0 Å². The van der Waals surface area contributed by atoms with E-state index >= 15 is 0 Å². The second-order valence-corrected chi connectivity index (χ2v) is 7.33. The van der Waals surface area contributed by atoms with Gasteiger partial charge in [-0.2, -0.15) is 0 Å². The molecule has 0 aromatic heterocycles. The lowest BCUT2D eigenvalue weighted by Gasteiger charge is -2.41. The quantitative estimate of drug-likeness (QED) is 0.899. The fourth-order valence-electron chi connectivity index (χ4n) is 3.11. The highest BCUT2D eigenvalue weighted by molar-refractivity contribution is 6.34. The van der Waals surface area contributed by atoms with E-state index in [9.17, 15) is 9.59 Å². The van der Waals surface area contributed by atoms with Gasteiger partial charge in [-0.3, -0.25) is 9.59 Å². The Kier molecular flexibility index (Phi) is 3.86. The monoisotopic (exact) mass is 340 g/mol. The first-order valence-electron chi connectivity index (χ1n) is 7.36. The molecule has 4 nitrogen and oxygen atoms in total. The van der Waals surface area contributed by atoms with Gasteiger partial charge in [0.25, 0.3) is 0 Å². The van der Waals surface area contributed by atoms with Crippen LogP contribution in [-0.4, -0.2) is 35.3 Å². The van der Waals surface area contributed by atoms with E-state index in [0.717, 1.165) is 12.0 Å². The lowest BCUT2D eigenvalue weighted by Crippen LogP contribution is -2.63. The maximum atomic E-state index is 12.8. The summed E-state index contributed by atoms with van der Waals surface area (Å²) in [4.78, 5) is 26.4. The van der Waals surface area contributed by atoms with Crippen molar-refractivity contribution in [1.29, 1.82) is 0 Å². The zero-order valence-electron chi connectivity index (χ0n) is 12.5. The maximum absolute atomic E-state index is 12.8. The van der Waals surface area contributed by atoms with Crippen molar-refractivity contribution in [2.24, 2.45) is 5.92 Å². The Labute approximate surface area is 139 Å². The van der Waals surface area contributed by atoms with E-state index in [1.54, 1.807) is 24.8 Å². The van der Waals surface area contributed by atoms with Crippen molar-refractivity contribution >= 4 is 35.0 Å². The van der Waals surface area contributed by atoms with Gasteiger partial charge in [0.05, 0.1) is 0 Å². The Bertz CT molecular complexity index is 625. The highest BCUT2D eigenvalue weighted by Gasteiger charge is 2.50. The van der Waals surface area contributed by atoms with Gasteiger partial charge in [-0.1, -0.05) is 23.2 Å². The van der Waals surface area contributed by atoms with Crippen LogP contribution in [0, 0.1) is 5.92 Å². The minimum atomic E-state index is -0.797. The predicted octanol–water partition coefficient (Wildman–Crippen LogP) is 2.83. The van der Waals surface area contributed by atoms with E-state index in [4.69, 9.17) is 23.2 Å². The third-order valence-corrected chi connectivity index (χ3v) is 4.97. The van der Waals surface area contributed by atoms with Crippen LogP contribution >= 0.6 is 23.2 Å². The Morgan fingerprint density at radius 2 is 1.91 bits per heavy atom. The summed E-state index contributed by atoms with van der Waals surface area (Å²) in [6, 6.07) is 5.41. The number of halogens is 2. The lowest BCUT2D eigenvalue weighted by atomic mass is 9.97. The van der Waals surface area contributed by atoms with Crippen LogP contribution < -0.4 is 5.32 Å². The molecule has 1 saturated heterocycles. The molecule has 2 fully saturated rings. The normalized spacial score (nSPS) is 26.5. The molecule has 1 aliphatic carbocycles. The SMILES string of the molecule is CC1(C)C(=O)NCCN1C(=O)[C@@H]1C[C@H]1c1cc(Cl)cc(Cl)c1. The Hall–Kier alpha value is -1.26. The third kappa shape index (κ3) is 2.70. The number of rotatable bonds is 2. The summed E-state index contributed by atoms with van der Waals surface area (Å²) in [6.45, 7) is 4.63. The highest BCUT2D eigenvalue weighted by atomic mass is 35.5. The van der Waals surface area contributed by atoms with Gasteiger partial charge in [-0.25, -0.2) is 0 Å². The minimum Gasteiger partial charge on any atom is -0.352 e. The van der Waals surface area contributed by atoms with Crippen molar-refractivity contribution in [2.75, 3.05) is 13.1 Å². The summed E-state index contributed by atoms with van der Waals surface area (Å²) in [5.74, 6) is 0.000226. The molecule has 2 aliphatic rings. The standard InChI is InChI=1S/C16H18Cl2N2O2/c1-16(2)15(22)19-3-4-20(16)14(21)13-8-12(13)9-5-10(17)7-11(18)6-9/h5-7,12-13H,3-4,8H2,1-2H3,(H,19,22)/t12-,13+/m0/s1. The van der Waals surface area contributed by atoms with E-state index in [2.05, 4.69) is 5.32 Å². The van der Waals surface area contributed by atoms with Gasteiger partial charge in [0.15, 0.2) is 0 Å². The molecule has 3 rings (SSSR count). The van der Waals surface area contributed by atoms with Gasteiger partial charge in [-0.05, 0) is 49.9 Å². The number of amides is 2. The van der Waals surface area contributed by atoms with E-state index in [0.29, 0.717) is 23.1 Å². The third-order valence-electron chi connectivity index (χ3n) is 4.54. The number of carbonyl (C=O) groups excluding carboxylic acids is 2.